The van der Waals surface area contributed by atoms with Crippen molar-refractivity contribution in [1.29, 1.82) is 0 Å². The molecule has 0 bridgehead atoms. The third-order valence-electron chi connectivity index (χ3n) is 2.92. The topological polar surface area (TPSA) is 77.9 Å². The first-order chi connectivity index (χ1) is 9.95. The van der Waals surface area contributed by atoms with Gasteiger partial charge in [0.1, 0.15) is 12.4 Å². The maximum absolute atomic E-state index is 13.5. The van der Waals surface area contributed by atoms with Crippen LogP contribution >= 0.6 is 0 Å². The summed E-state index contributed by atoms with van der Waals surface area (Å²) in [4.78, 5) is 36.2. The first-order valence-corrected chi connectivity index (χ1v) is 5.97. The first-order valence-electron chi connectivity index (χ1n) is 5.97. The highest BCUT2D eigenvalue weighted by Gasteiger charge is 2.41. The number of carbonyl (C=O) groups excluding carboxylic acids is 3. The molecule has 0 unspecified atom stereocenters. The highest BCUT2D eigenvalue weighted by Crippen LogP contribution is 2.16. The van der Waals surface area contributed by atoms with Crippen molar-refractivity contribution in [2.45, 2.75) is 6.54 Å². The van der Waals surface area contributed by atoms with Crippen molar-refractivity contribution in [3.63, 3.8) is 0 Å². The quantitative estimate of drug-likeness (QED) is 0.476. The van der Waals surface area contributed by atoms with Crippen LogP contribution in [-0.4, -0.2) is 46.4 Å². The maximum atomic E-state index is 13.5. The Morgan fingerprint density at radius 3 is 2.52 bits per heavy atom. The number of carbonyl (C=O) groups is 3. The molecule has 1 aromatic carbocycles. The summed E-state index contributed by atoms with van der Waals surface area (Å²) >= 11 is 0. The minimum atomic E-state index is -0.921. The Morgan fingerprint density at radius 1 is 1.24 bits per heavy atom. The highest BCUT2D eigenvalue weighted by molar-refractivity contribution is 6.44. The molecule has 1 heterocycles. The summed E-state index contributed by atoms with van der Waals surface area (Å²) in [5.74, 6) is 2.34. The van der Waals surface area contributed by atoms with Crippen LogP contribution in [0.1, 0.15) is 11.1 Å². The molecule has 0 spiro atoms. The average Bonchev–Trinajstić information content (AvgIpc) is 2.65. The summed E-state index contributed by atoms with van der Waals surface area (Å²) < 4.78 is 13.5. The summed E-state index contributed by atoms with van der Waals surface area (Å²) in [7, 11) is 1.21. The van der Waals surface area contributed by atoms with Gasteiger partial charge < -0.3 is 5.11 Å². The number of imide groups is 2. The number of hydrogen-bond donors (Lipinski definition) is 1. The van der Waals surface area contributed by atoms with Crippen molar-refractivity contribution in [2.24, 2.45) is 0 Å². The van der Waals surface area contributed by atoms with Crippen molar-refractivity contribution in [3.05, 3.63) is 35.1 Å². The van der Waals surface area contributed by atoms with Crippen LogP contribution < -0.4 is 0 Å². The third kappa shape index (κ3) is 2.75. The fourth-order valence-corrected chi connectivity index (χ4v) is 1.84. The molecule has 2 rings (SSSR count). The number of rotatable bonds is 2. The lowest BCUT2D eigenvalue weighted by Gasteiger charge is -2.13. The van der Waals surface area contributed by atoms with Gasteiger partial charge in [0.05, 0.1) is 12.1 Å². The van der Waals surface area contributed by atoms with Crippen LogP contribution in [-0.2, 0) is 16.1 Å². The lowest BCUT2D eigenvalue weighted by atomic mass is 10.1. The molecule has 108 valence electrons. The van der Waals surface area contributed by atoms with Crippen molar-refractivity contribution in [2.75, 3.05) is 13.7 Å². The SMILES string of the molecule is CN1C(=O)C(=O)N(Cc2ccc(F)c(C#CCO)c2)C1=O. The zero-order valence-corrected chi connectivity index (χ0v) is 11.1. The Bertz CT molecular complexity index is 690. The van der Waals surface area contributed by atoms with E-state index in [0.717, 1.165) is 15.9 Å². The smallest absolute Gasteiger partial charge is 0.334 e. The Labute approximate surface area is 119 Å². The predicted molar refractivity (Wildman–Crippen MR) is 69.1 cm³/mol. The van der Waals surface area contributed by atoms with Gasteiger partial charge >= 0.3 is 17.8 Å². The van der Waals surface area contributed by atoms with Crippen molar-refractivity contribution in [1.82, 2.24) is 9.80 Å². The van der Waals surface area contributed by atoms with Gasteiger partial charge in [-0.3, -0.25) is 19.4 Å². The van der Waals surface area contributed by atoms with E-state index in [9.17, 15) is 18.8 Å². The molecular formula is C14H11FN2O4. The lowest BCUT2D eigenvalue weighted by Crippen LogP contribution is -2.31. The second kappa shape index (κ2) is 5.73. The van der Waals surface area contributed by atoms with Gasteiger partial charge in [-0.25, -0.2) is 9.18 Å². The summed E-state index contributed by atoms with van der Waals surface area (Å²) in [6.07, 6.45) is 0. The molecule has 0 saturated carbocycles. The number of aliphatic hydroxyl groups is 1. The maximum Gasteiger partial charge on any atom is 0.334 e. The van der Waals surface area contributed by atoms with E-state index >= 15 is 0 Å². The molecule has 0 radical (unpaired) electrons. The number of likely N-dealkylation sites (N-methyl/N-ethyl adjacent to an activating group) is 1. The number of amides is 4. The minimum Gasteiger partial charge on any atom is -0.384 e. The lowest BCUT2D eigenvalue weighted by molar-refractivity contribution is -0.143. The van der Waals surface area contributed by atoms with Crippen molar-refractivity contribution >= 4 is 17.8 Å². The summed E-state index contributed by atoms with van der Waals surface area (Å²) in [5, 5.41) is 8.61. The van der Waals surface area contributed by atoms with Gasteiger partial charge in [0.2, 0.25) is 0 Å². The number of nitrogens with zero attached hydrogens (tertiary/aromatic N) is 2. The van der Waals surface area contributed by atoms with Crippen LogP contribution in [0.2, 0.25) is 0 Å². The van der Waals surface area contributed by atoms with Crippen LogP contribution in [0, 0.1) is 17.7 Å². The van der Waals surface area contributed by atoms with Crippen molar-refractivity contribution in [3.8, 4) is 11.8 Å². The minimum absolute atomic E-state index is 0.0420. The Hall–Kier alpha value is -2.72. The van der Waals surface area contributed by atoms with E-state index in [-0.39, 0.29) is 12.1 Å². The molecule has 1 aliphatic rings. The number of benzene rings is 1. The molecule has 4 amide bonds. The van der Waals surface area contributed by atoms with E-state index in [1.54, 1.807) is 0 Å². The summed E-state index contributed by atoms with van der Waals surface area (Å²) in [5.41, 5.74) is 0.490. The molecule has 1 N–H and O–H groups in total. The van der Waals surface area contributed by atoms with Gasteiger partial charge in [0.25, 0.3) is 0 Å². The van der Waals surface area contributed by atoms with Gasteiger partial charge in [0, 0.05) is 7.05 Å². The van der Waals surface area contributed by atoms with Gasteiger partial charge in [-0.2, -0.15) is 0 Å². The van der Waals surface area contributed by atoms with Crippen molar-refractivity contribution < 1.29 is 23.9 Å². The zero-order chi connectivity index (χ0) is 15.6. The molecule has 1 aromatic rings. The van der Waals surface area contributed by atoms with E-state index in [4.69, 9.17) is 5.11 Å². The predicted octanol–water partition coefficient (Wildman–Crippen LogP) is 0.0901. The second-order valence-electron chi connectivity index (χ2n) is 4.31. The Balaban J connectivity index is 2.26. The largest absolute Gasteiger partial charge is 0.384 e. The highest BCUT2D eigenvalue weighted by atomic mass is 19.1. The molecule has 1 fully saturated rings. The second-order valence-corrected chi connectivity index (χ2v) is 4.31. The molecule has 1 saturated heterocycles. The van der Waals surface area contributed by atoms with Crippen LogP contribution in [0.3, 0.4) is 0 Å². The summed E-state index contributed by atoms with van der Waals surface area (Å²) in [6.45, 7) is -0.562. The molecule has 21 heavy (non-hydrogen) atoms. The number of aliphatic hydroxyl groups excluding tert-OH is 1. The molecule has 1 aliphatic heterocycles. The van der Waals surface area contributed by atoms with E-state index in [0.29, 0.717) is 5.56 Å². The average molecular weight is 290 g/mol. The van der Waals surface area contributed by atoms with Crippen LogP contribution in [0.4, 0.5) is 9.18 Å². The fraction of sp³-hybridized carbons (Fsp3) is 0.214. The molecule has 0 aliphatic carbocycles. The first kappa shape index (κ1) is 14.7. The van der Waals surface area contributed by atoms with E-state index in [1.807, 2.05) is 0 Å². The van der Waals surface area contributed by atoms with Gasteiger partial charge in [-0.1, -0.05) is 17.9 Å². The Morgan fingerprint density at radius 2 is 1.95 bits per heavy atom. The van der Waals surface area contributed by atoms with Gasteiger partial charge in [-0.05, 0) is 17.7 Å². The standard InChI is InChI=1S/C14H11FN2O4/c1-16-12(19)13(20)17(14(16)21)8-9-4-5-11(15)10(7-9)3-2-6-18/h4-5,7,18H,6,8H2,1H3. The fourth-order valence-electron chi connectivity index (χ4n) is 1.84. The summed E-state index contributed by atoms with van der Waals surface area (Å²) in [6, 6.07) is 3.18. The van der Waals surface area contributed by atoms with Crippen LogP contribution in [0.15, 0.2) is 18.2 Å². The van der Waals surface area contributed by atoms with E-state index in [2.05, 4.69) is 11.8 Å². The van der Waals surface area contributed by atoms with Crippen LogP contribution in [0.25, 0.3) is 0 Å². The Kier molecular flexibility index (Phi) is 4.00. The molecule has 0 atom stereocenters. The molecular weight excluding hydrogens is 279 g/mol. The van der Waals surface area contributed by atoms with Crippen LogP contribution in [0.5, 0.6) is 0 Å². The van der Waals surface area contributed by atoms with Gasteiger partial charge in [-0.15, -0.1) is 0 Å². The van der Waals surface area contributed by atoms with E-state index in [1.165, 1.54) is 19.2 Å². The number of urea groups is 1. The number of halogens is 1. The van der Waals surface area contributed by atoms with Gasteiger partial charge in [0.15, 0.2) is 0 Å². The molecule has 6 nitrogen and oxygen atoms in total. The monoisotopic (exact) mass is 290 g/mol. The molecule has 0 aromatic heterocycles. The third-order valence-corrected chi connectivity index (χ3v) is 2.92. The zero-order valence-electron chi connectivity index (χ0n) is 11.1. The number of hydrogen-bond acceptors (Lipinski definition) is 4. The molecule has 7 heteroatoms. The normalized spacial score (nSPS) is 14.5. The van der Waals surface area contributed by atoms with E-state index < -0.39 is 30.3 Å².